The van der Waals surface area contributed by atoms with Gasteiger partial charge < -0.3 is 34.4 Å². The normalized spacial score (nSPS) is 12.8. The van der Waals surface area contributed by atoms with Crippen LogP contribution in [-0.4, -0.2) is 95.0 Å². The number of carbonyl (C=O) groups excluding carboxylic acids is 3. The van der Waals surface area contributed by atoms with Crippen LogP contribution < -0.4 is 10.6 Å². The lowest BCUT2D eigenvalue weighted by Gasteiger charge is -2.13. The van der Waals surface area contributed by atoms with E-state index >= 15 is 0 Å². The molecular weight excluding hydrogens is 472 g/mol. The molecule has 0 aliphatic heterocycles. The SMILES string of the molecule is CCC(C)CCCCC(=O)NCCOCCOCCOCCOCCC(=O)NC(C)CSCC=O. The molecule has 9 nitrogen and oxygen atoms in total. The summed E-state index contributed by atoms with van der Waals surface area (Å²) < 4.78 is 21.7. The summed E-state index contributed by atoms with van der Waals surface area (Å²) in [6.07, 6.45) is 6.19. The first-order valence-electron chi connectivity index (χ1n) is 12.9. The molecule has 2 atom stereocenters. The van der Waals surface area contributed by atoms with Gasteiger partial charge in [-0.2, -0.15) is 11.8 Å². The summed E-state index contributed by atoms with van der Waals surface area (Å²) in [5.41, 5.74) is 0. The molecule has 0 aliphatic carbocycles. The number of thioether (sulfide) groups is 1. The summed E-state index contributed by atoms with van der Waals surface area (Å²) in [6, 6.07) is 0.0288. The Morgan fingerprint density at radius 3 is 2.03 bits per heavy atom. The van der Waals surface area contributed by atoms with Crippen molar-refractivity contribution in [3.05, 3.63) is 0 Å². The molecule has 0 bridgehead atoms. The van der Waals surface area contributed by atoms with Crippen molar-refractivity contribution < 1.29 is 33.3 Å². The summed E-state index contributed by atoms with van der Waals surface area (Å²) in [4.78, 5) is 33.8. The lowest BCUT2D eigenvalue weighted by atomic mass is 10.0. The van der Waals surface area contributed by atoms with Gasteiger partial charge >= 0.3 is 0 Å². The highest BCUT2D eigenvalue weighted by Gasteiger charge is 2.07. The maximum Gasteiger partial charge on any atom is 0.222 e. The first kappa shape index (κ1) is 33.8. The summed E-state index contributed by atoms with van der Waals surface area (Å²) >= 11 is 1.49. The fourth-order valence-electron chi connectivity index (χ4n) is 2.94. The van der Waals surface area contributed by atoms with Crippen LogP contribution in [0.15, 0.2) is 0 Å². The molecule has 2 amide bonds. The third-order valence-electron chi connectivity index (χ3n) is 5.17. The molecule has 0 fully saturated rings. The maximum atomic E-state index is 11.8. The van der Waals surface area contributed by atoms with Crippen molar-refractivity contribution in [2.45, 2.75) is 65.3 Å². The van der Waals surface area contributed by atoms with Crippen LogP contribution in [0, 0.1) is 5.92 Å². The van der Waals surface area contributed by atoms with Gasteiger partial charge in [0, 0.05) is 36.9 Å². The first-order valence-corrected chi connectivity index (χ1v) is 14.0. The van der Waals surface area contributed by atoms with Gasteiger partial charge in [0.15, 0.2) is 0 Å². The average molecular weight is 521 g/mol. The Labute approximate surface area is 216 Å². The highest BCUT2D eigenvalue weighted by molar-refractivity contribution is 7.99. The van der Waals surface area contributed by atoms with Gasteiger partial charge in [0.05, 0.1) is 52.9 Å². The van der Waals surface area contributed by atoms with Crippen molar-refractivity contribution in [2.24, 2.45) is 5.92 Å². The molecule has 2 N–H and O–H groups in total. The molecule has 0 aromatic heterocycles. The van der Waals surface area contributed by atoms with E-state index in [-0.39, 0.29) is 17.9 Å². The van der Waals surface area contributed by atoms with Crippen LogP contribution in [0.3, 0.4) is 0 Å². The van der Waals surface area contributed by atoms with Gasteiger partial charge in [0.1, 0.15) is 6.29 Å². The summed E-state index contributed by atoms with van der Waals surface area (Å²) in [6.45, 7) is 10.5. The van der Waals surface area contributed by atoms with Crippen molar-refractivity contribution >= 4 is 29.9 Å². The number of aldehydes is 1. The number of ether oxygens (including phenoxy) is 4. The zero-order chi connectivity index (χ0) is 26.0. The van der Waals surface area contributed by atoms with E-state index in [4.69, 9.17) is 18.9 Å². The minimum atomic E-state index is -0.0596. The number of carbonyl (C=O) groups is 3. The van der Waals surface area contributed by atoms with Crippen molar-refractivity contribution in [3.8, 4) is 0 Å². The largest absolute Gasteiger partial charge is 0.379 e. The van der Waals surface area contributed by atoms with E-state index in [1.54, 1.807) is 0 Å². The predicted molar refractivity (Wildman–Crippen MR) is 140 cm³/mol. The van der Waals surface area contributed by atoms with E-state index in [0.717, 1.165) is 25.0 Å². The topological polar surface area (TPSA) is 112 Å². The summed E-state index contributed by atoms with van der Waals surface area (Å²) in [5, 5.41) is 5.75. The van der Waals surface area contributed by atoms with Gasteiger partial charge in [-0.3, -0.25) is 9.59 Å². The monoisotopic (exact) mass is 520 g/mol. The van der Waals surface area contributed by atoms with Crippen LogP contribution in [0.2, 0.25) is 0 Å². The van der Waals surface area contributed by atoms with Crippen LogP contribution in [-0.2, 0) is 33.3 Å². The van der Waals surface area contributed by atoms with Crippen molar-refractivity contribution in [3.63, 3.8) is 0 Å². The van der Waals surface area contributed by atoms with Crippen LogP contribution in [0.1, 0.15) is 59.3 Å². The van der Waals surface area contributed by atoms with Crippen molar-refractivity contribution in [2.75, 3.05) is 70.9 Å². The van der Waals surface area contributed by atoms with E-state index < -0.39 is 0 Å². The molecule has 35 heavy (non-hydrogen) atoms. The standard InChI is InChI=1S/C25H48N2O7S/c1-4-22(2)7-5-6-8-24(29)26-10-13-32-15-17-34-19-18-33-16-14-31-12-9-25(30)27-23(3)21-35-20-11-28/h11,22-23H,4-10,12-21H2,1-3H3,(H,26,29)(H,27,30). The molecule has 0 spiro atoms. The zero-order valence-electron chi connectivity index (χ0n) is 22.0. The quantitative estimate of drug-likeness (QED) is 0.132. The molecule has 0 saturated carbocycles. The van der Waals surface area contributed by atoms with E-state index in [1.807, 2.05) is 6.92 Å². The van der Waals surface area contributed by atoms with Gasteiger partial charge in [0.2, 0.25) is 11.8 Å². The molecule has 0 aliphatic rings. The Balaban J connectivity index is 3.28. The molecule has 0 rings (SSSR count). The van der Waals surface area contributed by atoms with E-state index in [2.05, 4.69) is 24.5 Å². The zero-order valence-corrected chi connectivity index (χ0v) is 22.8. The van der Waals surface area contributed by atoms with Crippen LogP contribution >= 0.6 is 11.8 Å². The number of amides is 2. The van der Waals surface area contributed by atoms with E-state index in [9.17, 15) is 14.4 Å². The predicted octanol–water partition coefficient (Wildman–Crippen LogP) is 2.60. The van der Waals surface area contributed by atoms with Gasteiger partial charge in [0.25, 0.3) is 0 Å². The average Bonchev–Trinajstić information content (AvgIpc) is 2.84. The van der Waals surface area contributed by atoms with Crippen molar-refractivity contribution in [1.29, 1.82) is 0 Å². The van der Waals surface area contributed by atoms with Crippen LogP contribution in [0.25, 0.3) is 0 Å². The maximum absolute atomic E-state index is 11.8. The molecule has 2 unspecified atom stereocenters. The third-order valence-corrected chi connectivity index (χ3v) is 6.27. The number of hydrogen-bond donors (Lipinski definition) is 2. The minimum absolute atomic E-state index is 0.0288. The Hall–Kier alpha value is -1.20. The first-order chi connectivity index (χ1) is 17.0. The Kier molecular flexibility index (Phi) is 25.0. The molecule has 0 radical (unpaired) electrons. The summed E-state index contributed by atoms with van der Waals surface area (Å²) in [5.74, 6) is 1.93. The lowest BCUT2D eigenvalue weighted by Crippen LogP contribution is -2.34. The second kappa shape index (κ2) is 25.9. The second-order valence-electron chi connectivity index (χ2n) is 8.48. The van der Waals surface area contributed by atoms with Gasteiger partial charge in [-0.15, -0.1) is 0 Å². The lowest BCUT2D eigenvalue weighted by molar-refractivity contribution is -0.123. The molecular formula is C25H48N2O7S. The Morgan fingerprint density at radius 2 is 1.43 bits per heavy atom. The number of unbranched alkanes of at least 4 members (excludes halogenated alkanes) is 1. The van der Waals surface area contributed by atoms with Crippen molar-refractivity contribution in [1.82, 2.24) is 10.6 Å². The van der Waals surface area contributed by atoms with Crippen LogP contribution in [0.5, 0.6) is 0 Å². The van der Waals surface area contributed by atoms with Gasteiger partial charge in [-0.05, 0) is 19.3 Å². The van der Waals surface area contributed by atoms with Crippen LogP contribution in [0.4, 0.5) is 0 Å². The highest BCUT2D eigenvalue weighted by atomic mass is 32.2. The molecule has 0 saturated heterocycles. The Morgan fingerprint density at radius 1 is 0.829 bits per heavy atom. The summed E-state index contributed by atoms with van der Waals surface area (Å²) in [7, 11) is 0. The number of nitrogens with one attached hydrogen (secondary N) is 2. The molecule has 0 heterocycles. The second-order valence-corrected chi connectivity index (χ2v) is 9.56. The Bertz CT molecular complexity index is 526. The number of rotatable bonds is 26. The fourth-order valence-corrected chi connectivity index (χ4v) is 3.61. The smallest absolute Gasteiger partial charge is 0.222 e. The minimum Gasteiger partial charge on any atom is -0.379 e. The molecule has 0 aromatic rings. The molecule has 10 heteroatoms. The molecule has 206 valence electrons. The number of hydrogen-bond acceptors (Lipinski definition) is 8. The fraction of sp³-hybridized carbons (Fsp3) is 0.880. The highest BCUT2D eigenvalue weighted by Crippen LogP contribution is 2.11. The van der Waals surface area contributed by atoms with E-state index in [0.29, 0.717) is 83.7 Å². The third kappa shape index (κ3) is 25.7. The van der Waals surface area contributed by atoms with E-state index in [1.165, 1.54) is 24.6 Å². The van der Waals surface area contributed by atoms with Gasteiger partial charge in [-0.25, -0.2) is 0 Å². The molecule has 0 aromatic carbocycles. The van der Waals surface area contributed by atoms with Gasteiger partial charge in [-0.1, -0.05) is 33.1 Å².